The van der Waals surface area contributed by atoms with Gasteiger partial charge in [0.25, 0.3) is 0 Å². The van der Waals surface area contributed by atoms with Crippen LogP contribution in [0.15, 0.2) is 18.2 Å². The summed E-state index contributed by atoms with van der Waals surface area (Å²) in [5.74, 6) is -1.35. The molecule has 1 saturated heterocycles. The maximum atomic E-state index is 11.6. The molecule has 0 radical (unpaired) electrons. The van der Waals surface area contributed by atoms with Crippen LogP contribution in [0.3, 0.4) is 0 Å². The number of rotatable bonds is 1. The molecule has 3 nitrogen and oxygen atoms in total. The highest BCUT2D eigenvalue weighted by molar-refractivity contribution is 6.35. The molecular weight excluding hydrogens is 251 g/mol. The lowest BCUT2D eigenvalue weighted by Gasteiger charge is -2.15. The van der Waals surface area contributed by atoms with Gasteiger partial charge in [-0.3, -0.25) is 0 Å². The van der Waals surface area contributed by atoms with E-state index >= 15 is 0 Å². The Kier molecular flexibility index (Phi) is 2.86. The summed E-state index contributed by atoms with van der Waals surface area (Å²) in [6.07, 6.45) is -0.778. The summed E-state index contributed by atoms with van der Waals surface area (Å²) in [4.78, 5) is 11.6. The monoisotopic (exact) mass is 260 g/mol. The largest absolute Gasteiger partial charge is 0.431 e. The predicted octanol–water partition coefficient (Wildman–Crippen LogP) is 3.34. The van der Waals surface area contributed by atoms with Crippen LogP contribution in [-0.2, 0) is 14.3 Å². The molecule has 1 atom stereocenters. The second-order valence-corrected chi connectivity index (χ2v) is 4.83. The number of benzene rings is 1. The van der Waals surface area contributed by atoms with Crippen LogP contribution >= 0.6 is 23.2 Å². The minimum atomic E-state index is -0.912. The van der Waals surface area contributed by atoms with E-state index in [1.807, 2.05) is 0 Å². The highest BCUT2D eigenvalue weighted by Gasteiger charge is 2.42. The molecular formula is C11H10Cl2O3. The van der Waals surface area contributed by atoms with Gasteiger partial charge >= 0.3 is 5.97 Å². The Hall–Kier alpha value is -0.770. The van der Waals surface area contributed by atoms with Gasteiger partial charge < -0.3 is 9.47 Å². The fraction of sp³-hybridized carbons (Fsp3) is 0.364. The molecule has 0 spiro atoms. The third kappa shape index (κ3) is 2.17. The summed E-state index contributed by atoms with van der Waals surface area (Å²) in [7, 11) is 0. The minimum Gasteiger partial charge on any atom is -0.431 e. The van der Waals surface area contributed by atoms with Crippen molar-refractivity contribution in [3.63, 3.8) is 0 Å². The van der Waals surface area contributed by atoms with Gasteiger partial charge in [0.05, 0.1) is 0 Å². The fourth-order valence-corrected chi connectivity index (χ4v) is 2.06. The molecule has 0 amide bonds. The Balaban J connectivity index is 2.35. The Bertz CT molecular complexity index is 443. The number of cyclic esters (lactones) is 1. The highest BCUT2D eigenvalue weighted by Crippen LogP contribution is 2.37. The van der Waals surface area contributed by atoms with Crippen molar-refractivity contribution in [3.8, 4) is 0 Å². The molecule has 5 heteroatoms. The van der Waals surface area contributed by atoms with Gasteiger partial charge in [0.2, 0.25) is 5.79 Å². The predicted molar refractivity (Wildman–Crippen MR) is 60.5 cm³/mol. The Morgan fingerprint density at radius 2 is 2.00 bits per heavy atom. The summed E-state index contributed by atoms with van der Waals surface area (Å²) < 4.78 is 10.5. The van der Waals surface area contributed by atoms with E-state index in [0.29, 0.717) is 15.6 Å². The van der Waals surface area contributed by atoms with Crippen molar-refractivity contribution in [1.29, 1.82) is 0 Å². The van der Waals surface area contributed by atoms with Crippen molar-refractivity contribution >= 4 is 29.2 Å². The number of carbonyl (C=O) groups is 1. The quantitative estimate of drug-likeness (QED) is 0.727. The number of hydrogen-bond acceptors (Lipinski definition) is 3. The van der Waals surface area contributed by atoms with E-state index in [9.17, 15) is 4.79 Å². The van der Waals surface area contributed by atoms with Gasteiger partial charge in [-0.25, -0.2) is 4.79 Å². The van der Waals surface area contributed by atoms with Gasteiger partial charge in [0.1, 0.15) is 0 Å². The van der Waals surface area contributed by atoms with E-state index in [-0.39, 0.29) is 0 Å². The zero-order valence-electron chi connectivity index (χ0n) is 8.79. The fourth-order valence-electron chi connectivity index (χ4n) is 1.56. The first-order valence-electron chi connectivity index (χ1n) is 4.75. The SMILES string of the molecule is CC1(C)OC(=O)C(c2ccc(Cl)cc2Cl)O1. The van der Waals surface area contributed by atoms with Crippen molar-refractivity contribution < 1.29 is 14.3 Å². The maximum absolute atomic E-state index is 11.6. The lowest BCUT2D eigenvalue weighted by atomic mass is 10.1. The Morgan fingerprint density at radius 1 is 1.31 bits per heavy atom. The van der Waals surface area contributed by atoms with Crippen molar-refractivity contribution in [2.24, 2.45) is 0 Å². The number of halogens is 2. The van der Waals surface area contributed by atoms with Crippen LogP contribution in [0.5, 0.6) is 0 Å². The molecule has 1 unspecified atom stereocenters. The summed E-state index contributed by atoms with van der Waals surface area (Å²) in [6, 6.07) is 4.89. The zero-order valence-corrected chi connectivity index (χ0v) is 10.3. The summed E-state index contributed by atoms with van der Waals surface area (Å²) >= 11 is 11.8. The van der Waals surface area contributed by atoms with Gasteiger partial charge in [0, 0.05) is 29.5 Å². The van der Waals surface area contributed by atoms with E-state index in [1.54, 1.807) is 32.0 Å². The lowest BCUT2D eigenvalue weighted by Crippen LogP contribution is -2.20. The van der Waals surface area contributed by atoms with Gasteiger partial charge in [0.15, 0.2) is 6.10 Å². The molecule has 86 valence electrons. The van der Waals surface area contributed by atoms with Gasteiger partial charge in [-0.2, -0.15) is 0 Å². The zero-order chi connectivity index (χ0) is 11.9. The smallest absolute Gasteiger partial charge is 0.342 e. The standard InChI is InChI=1S/C11H10Cl2O3/c1-11(2)15-9(10(14)16-11)7-4-3-6(12)5-8(7)13/h3-5,9H,1-2H3. The topological polar surface area (TPSA) is 35.5 Å². The average Bonchev–Trinajstić information content (AvgIpc) is 2.39. The molecule has 0 aromatic heterocycles. The van der Waals surface area contributed by atoms with Crippen LogP contribution in [0.2, 0.25) is 10.0 Å². The molecule has 0 saturated carbocycles. The molecule has 1 heterocycles. The van der Waals surface area contributed by atoms with E-state index in [1.165, 1.54) is 0 Å². The van der Waals surface area contributed by atoms with Gasteiger partial charge in [-0.15, -0.1) is 0 Å². The molecule has 1 aromatic carbocycles. The van der Waals surface area contributed by atoms with Crippen molar-refractivity contribution in [3.05, 3.63) is 33.8 Å². The average molecular weight is 261 g/mol. The number of ether oxygens (including phenoxy) is 2. The third-order valence-corrected chi connectivity index (χ3v) is 2.77. The summed E-state index contributed by atoms with van der Waals surface area (Å²) in [5.41, 5.74) is 0.571. The lowest BCUT2D eigenvalue weighted by molar-refractivity contribution is -0.160. The van der Waals surface area contributed by atoms with Gasteiger partial charge in [-0.05, 0) is 12.1 Å². The molecule has 1 aliphatic rings. The number of hydrogen-bond donors (Lipinski definition) is 0. The summed E-state index contributed by atoms with van der Waals surface area (Å²) in [6.45, 7) is 3.35. The second-order valence-electron chi connectivity index (χ2n) is 3.98. The van der Waals surface area contributed by atoms with Crippen LogP contribution in [0.25, 0.3) is 0 Å². The molecule has 1 aromatic rings. The van der Waals surface area contributed by atoms with E-state index in [2.05, 4.69) is 0 Å². The van der Waals surface area contributed by atoms with E-state index in [0.717, 1.165) is 0 Å². The Morgan fingerprint density at radius 3 is 2.50 bits per heavy atom. The summed E-state index contributed by atoms with van der Waals surface area (Å²) in [5, 5.41) is 0.909. The Labute approximate surface area is 103 Å². The first-order chi connectivity index (χ1) is 7.39. The normalized spacial score (nSPS) is 23.2. The molecule has 2 rings (SSSR count). The highest BCUT2D eigenvalue weighted by atomic mass is 35.5. The molecule has 0 bridgehead atoms. The van der Waals surface area contributed by atoms with Crippen LogP contribution in [0.1, 0.15) is 25.5 Å². The maximum Gasteiger partial charge on any atom is 0.342 e. The van der Waals surface area contributed by atoms with Gasteiger partial charge in [-0.1, -0.05) is 29.3 Å². The first-order valence-corrected chi connectivity index (χ1v) is 5.50. The molecule has 0 N–H and O–H groups in total. The minimum absolute atomic E-state index is 0.396. The van der Waals surface area contributed by atoms with Crippen LogP contribution < -0.4 is 0 Å². The molecule has 1 aliphatic heterocycles. The molecule has 0 aliphatic carbocycles. The van der Waals surface area contributed by atoms with Crippen LogP contribution in [0, 0.1) is 0 Å². The molecule has 1 fully saturated rings. The van der Waals surface area contributed by atoms with E-state index < -0.39 is 17.9 Å². The van der Waals surface area contributed by atoms with Crippen molar-refractivity contribution in [1.82, 2.24) is 0 Å². The molecule has 16 heavy (non-hydrogen) atoms. The third-order valence-electron chi connectivity index (χ3n) is 2.21. The number of esters is 1. The van der Waals surface area contributed by atoms with Crippen molar-refractivity contribution in [2.75, 3.05) is 0 Å². The van der Waals surface area contributed by atoms with Crippen molar-refractivity contribution in [2.45, 2.75) is 25.7 Å². The van der Waals surface area contributed by atoms with Crippen LogP contribution in [-0.4, -0.2) is 11.8 Å². The number of carbonyl (C=O) groups excluding carboxylic acids is 1. The first kappa shape index (κ1) is 11.7. The second kappa shape index (κ2) is 3.91. The van der Waals surface area contributed by atoms with E-state index in [4.69, 9.17) is 32.7 Å². The van der Waals surface area contributed by atoms with Crippen LogP contribution in [0.4, 0.5) is 0 Å².